The molecule has 0 saturated carbocycles. The number of urea groups is 1. The molecule has 132 valence electrons. The van der Waals surface area contributed by atoms with Crippen molar-refractivity contribution in [2.24, 2.45) is 5.73 Å². The molecule has 3 rings (SSSR count). The summed E-state index contributed by atoms with van der Waals surface area (Å²) in [5.74, 6) is -1.05. The van der Waals surface area contributed by atoms with Crippen molar-refractivity contribution in [3.8, 4) is 11.5 Å². The fourth-order valence-corrected chi connectivity index (χ4v) is 2.40. The summed E-state index contributed by atoms with van der Waals surface area (Å²) in [6.45, 7) is 1.34. The van der Waals surface area contributed by atoms with Gasteiger partial charge in [0.15, 0.2) is 11.9 Å². The number of pyridine rings is 1. The Bertz CT molecular complexity index is 982. The number of ether oxygens (including phenoxy) is 1. The van der Waals surface area contributed by atoms with Gasteiger partial charge in [0.25, 0.3) is 5.91 Å². The molecule has 0 radical (unpaired) electrons. The van der Waals surface area contributed by atoms with Crippen molar-refractivity contribution in [3.05, 3.63) is 54.3 Å². The molecule has 0 fully saturated rings. The highest BCUT2D eigenvalue weighted by molar-refractivity contribution is 6.05. The fraction of sp³-hybridized carbons (Fsp3) is 0.111. The number of nitrogens with two attached hydrogens (primary N) is 1. The van der Waals surface area contributed by atoms with Gasteiger partial charge in [0.1, 0.15) is 5.69 Å². The highest BCUT2D eigenvalue weighted by atomic mass is 16.5. The molecule has 2 aromatic heterocycles. The maximum absolute atomic E-state index is 12.6. The van der Waals surface area contributed by atoms with Gasteiger partial charge in [-0.05, 0) is 31.2 Å². The molecular weight excluding hydrogens is 338 g/mol. The molecular formula is C18H15N3O5. The molecule has 0 aliphatic carbocycles. The van der Waals surface area contributed by atoms with Gasteiger partial charge in [-0.1, -0.05) is 18.2 Å². The number of imide groups is 1. The van der Waals surface area contributed by atoms with Crippen molar-refractivity contribution in [1.82, 2.24) is 10.3 Å². The van der Waals surface area contributed by atoms with E-state index in [0.717, 1.165) is 0 Å². The quantitative estimate of drug-likeness (QED) is 0.693. The number of fused-ring (bicyclic) bond motifs is 1. The van der Waals surface area contributed by atoms with Crippen LogP contribution in [0.2, 0.25) is 0 Å². The first-order valence-electron chi connectivity index (χ1n) is 7.70. The number of carbonyl (C=O) groups excluding carboxylic acids is 3. The van der Waals surface area contributed by atoms with Crippen molar-refractivity contribution in [2.75, 3.05) is 0 Å². The molecule has 1 atom stereocenters. The predicted octanol–water partition coefficient (Wildman–Crippen LogP) is 2.23. The number of aromatic nitrogens is 1. The van der Waals surface area contributed by atoms with Crippen LogP contribution in [0.15, 0.2) is 53.1 Å². The summed E-state index contributed by atoms with van der Waals surface area (Å²) in [5, 5.41) is 2.43. The number of carbonyl (C=O) groups is 3. The van der Waals surface area contributed by atoms with Gasteiger partial charge in [-0.3, -0.25) is 10.1 Å². The minimum absolute atomic E-state index is 0.223. The monoisotopic (exact) mass is 353 g/mol. The molecule has 26 heavy (non-hydrogen) atoms. The van der Waals surface area contributed by atoms with E-state index < -0.39 is 24.0 Å². The highest BCUT2D eigenvalue weighted by Crippen LogP contribution is 2.26. The maximum Gasteiger partial charge on any atom is 0.339 e. The third-order valence-corrected chi connectivity index (χ3v) is 3.61. The van der Waals surface area contributed by atoms with Gasteiger partial charge in [-0.25, -0.2) is 14.6 Å². The summed E-state index contributed by atoms with van der Waals surface area (Å²) >= 11 is 0. The Morgan fingerprint density at radius 1 is 1.19 bits per heavy atom. The van der Waals surface area contributed by atoms with Gasteiger partial charge in [-0.2, -0.15) is 0 Å². The molecule has 3 N–H and O–H groups in total. The second-order valence-electron chi connectivity index (χ2n) is 5.45. The lowest BCUT2D eigenvalue weighted by molar-refractivity contribution is -0.127. The average molecular weight is 353 g/mol. The van der Waals surface area contributed by atoms with Crippen molar-refractivity contribution < 1.29 is 23.5 Å². The zero-order valence-corrected chi connectivity index (χ0v) is 13.8. The largest absolute Gasteiger partial charge is 0.463 e. The maximum atomic E-state index is 12.6. The first kappa shape index (κ1) is 17.2. The van der Waals surface area contributed by atoms with E-state index in [9.17, 15) is 14.4 Å². The zero-order chi connectivity index (χ0) is 18.7. The van der Waals surface area contributed by atoms with Crippen LogP contribution in [-0.4, -0.2) is 29.0 Å². The number of esters is 1. The number of furan rings is 1. The number of rotatable bonds is 4. The molecule has 2 heterocycles. The molecule has 3 amide bonds. The Morgan fingerprint density at radius 3 is 2.65 bits per heavy atom. The van der Waals surface area contributed by atoms with E-state index in [1.807, 2.05) is 5.32 Å². The van der Waals surface area contributed by atoms with Gasteiger partial charge in [0, 0.05) is 5.39 Å². The molecule has 0 spiro atoms. The number of amides is 3. The Morgan fingerprint density at radius 2 is 1.96 bits per heavy atom. The lowest BCUT2D eigenvalue weighted by Gasteiger charge is -2.13. The van der Waals surface area contributed by atoms with Crippen LogP contribution in [0.5, 0.6) is 0 Å². The Balaban J connectivity index is 1.96. The van der Waals surface area contributed by atoms with E-state index in [1.165, 1.54) is 19.3 Å². The van der Waals surface area contributed by atoms with E-state index in [4.69, 9.17) is 14.9 Å². The van der Waals surface area contributed by atoms with E-state index in [1.54, 1.807) is 36.4 Å². The van der Waals surface area contributed by atoms with E-state index in [0.29, 0.717) is 22.4 Å². The summed E-state index contributed by atoms with van der Waals surface area (Å²) < 4.78 is 10.5. The first-order valence-corrected chi connectivity index (χ1v) is 7.70. The van der Waals surface area contributed by atoms with Crippen LogP contribution in [0.25, 0.3) is 22.4 Å². The summed E-state index contributed by atoms with van der Waals surface area (Å²) in [6.07, 6.45) is 0.300. The van der Waals surface area contributed by atoms with E-state index in [-0.39, 0.29) is 5.56 Å². The smallest absolute Gasteiger partial charge is 0.339 e. The molecule has 8 nitrogen and oxygen atoms in total. The van der Waals surface area contributed by atoms with Crippen molar-refractivity contribution in [1.29, 1.82) is 0 Å². The van der Waals surface area contributed by atoms with Gasteiger partial charge in [0.2, 0.25) is 0 Å². The molecule has 0 bridgehead atoms. The predicted molar refractivity (Wildman–Crippen MR) is 92.0 cm³/mol. The van der Waals surface area contributed by atoms with Gasteiger partial charge >= 0.3 is 12.0 Å². The van der Waals surface area contributed by atoms with Crippen LogP contribution >= 0.6 is 0 Å². The Labute approximate surface area is 147 Å². The van der Waals surface area contributed by atoms with Gasteiger partial charge in [0.05, 0.1) is 17.3 Å². The second-order valence-corrected chi connectivity index (χ2v) is 5.45. The minimum atomic E-state index is -1.20. The summed E-state index contributed by atoms with van der Waals surface area (Å²) in [5.41, 5.74) is 6.14. The molecule has 0 saturated heterocycles. The van der Waals surface area contributed by atoms with Crippen molar-refractivity contribution in [3.63, 3.8) is 0 Å². The van der Waals surface area contributed by atoms with Crippen LogP contribution in [0.1, 0.15) is 17.3 Å². The third-order valence-electron chi connectivity index (χ3n) is 3.61. The number of benzene rings is 1. The Kier molecular flexibility index (Phi) is 4.66. The summed E-state index contributed by atoms with van der Waals surface area (Å²) in [4.78, 5) is 39.5. The van der Waals surface area contributed by atoms with Gasteiger partial charge in [-0.15, -0.1) is 0 Å². The Hall–Kier alpha value is -3.68. The summed E-state index contributed by atoms with van der Waals surface area (Å²) in [7, 11) is 0. The number of primary amides is 1. The molecule has 0 aliphatic rings. The molecule has 8 heteroatoms. The number of nitrogens with one attached hydrogen (secondary N) is 1. The minimum Gasteiger partial charge on any atom is -0.463 e. The molecule has 1 unspecified atom stereocenters. The number of nitrogens with zero attached hydrogens (tertiary/aromatic N) is 1. The van der Waals surface area contributed by atoms with Gasteiger partial charge < -0.3 is 14.9 Å². The van der Waals surface area contributed by atoms with Crippen LogP contribution in [0, 0.1) is 0 Å². The normalized spacial score (nSPS) is 11.7. The van der Waals surface area contributed by atoms with Crippen LogP contribution in [-0.2, 0) is 9.53 Å². The standard InChI is InChI=1S/C18H15N3O5/c1-10(16(22)21-18(19)24)26-17(23)12-9-14(15-7-4-8-25-15)20-13-6-3-2-5-11(12)13/h2-10H,1H3,(H3,19,21,22,24). The SMILES string of the molecule is CC(OC(=O)c1cc(-c2ccco2)nc2ccccc12)C(=O)NC(N)=O. The lowest BCUT2D eigenvalue weighted by atomic mass is 10.1. The van der Waals surface area contributed by atoms with E-state index in [2.05, 4.69) is 4.98 Å². The zero-order valence-electron chi connectivity index (χ0n) is 13.8. The van der Waals surface area contributed by atoms with Crippen molar-refractivity contribution >= 4 is 28.8 Å². The molecule has 1 aromatic carbocycles. The topological polar surface area (TPSA) is 125 Å². The highest BCUT2D eigenvalue weighted by Gasteiger charge is 2.22. The number of para-hydroxylation sites is 1. The number of hydrogen-bond acceptors (Lipinski definition) is 6. The molecule has 0 aliphatic heterocycles. The molecule has 3 aromatic rings. The van der Waals surface area contributed by atoms with Crippen LogP contribution in [0.4, 0.5) is 4.79 Å². The fourth-order valence-electron chi connectivity index (χ4n) is 2.40. The second kappa shape index (κ2) is 7.06. The number of hydrogen-bond donors (Lipinski definition) is 2. The average Bonchev–Trinajstić information content (AvgIpc) is 3.14. The summed E-state index contributed by atoms with van der Waals surface area (Å²) in [6, 6.07) is 11.0. The third kappa shape index (κ3) is 3.54. The van der Waals surface area contributed by atoms with Crippen LogP contribution in [0.3, 0.4) is 0 Å². The first-order chi connectivity index (χ1) is 12.5. The van der Waals surface area contributed by atoms with Crippen molar-refractivity contribution in [2.45, 2.75) is 13.0 Å². The van der Waals surface area contributed by atoms with E-state index >= 15 is 0 Å². The lowest BCUT2D eigenvalue weighted by Crippen LogP contribution is -2.42. The van der Waals surface area contributed by atoms with Crippen LogP contribution < -0.4 is 11.1 Å².